The Labute approximate surface area is 306 Å². The van der Waals surface area contributed by atoms with E-state index in [0.29, 0.717) is 32.3 Å². The van der Waals surface area contributed by atoms with Crippen molar-refractivity contribution in [2.24, 2.45) is 0 Å². The van der Waals surface area contributed by atoms with Crippen LogP contribution in [0.5, 0.6) is 23.0 Å². The number of thioether (sulfide) groups is 2. The summed E-state index contributed by atoms with van der Waals surface area (Å²) in [6.45, 7) is 0. The first-order valence-electron chi connectivity index (χ1n) is 13.8. The number of ether oxygens (including phenoxy) is 4. The molecule has 0 aliphatic carbocycles. The summed E-state index contributed by atoms with van der Waals surface area (Å²) in [6.07, 6.45) is -0.637. The fourth-order valence-corrected chi connectivity index (χ4v) is 7.61. The zero-order valence-corrected chi connectivity index (χ0v) is 29.6. The van der Waals surface area contributed by atoms with Crippen molar-refractivity contribution in [2.45, 2.75) is 21.3 Å². The van der Waals surface area contributed by atoms with E-state index in [1.54, 1.807) is 23.9 Å². The summed E-state index contributed by atoms with van der Waals surface area (Å²) in [5.74, 6) is -0.314. The van der Waals surface area contributed by atoms with Gasteiger partial charge in [-0.1, -0.05) is 47.3 Å². The minimum atomic E-state index is -3.72. The number of halogens is 5. The van der Waals surface area contributed by atoms with Gasteiger partial charge in [0, 0.05) is 12.4 Å². The number of thiazole rings is 2. The van der Waals surface area contributed by atoms with Crippen molar-refractivity contribution in [1.29, 1.82) is 10.5 Å². The molecule has 8 rings (SSSR count). The Kier molecular flexibility index (Phi) is 10.1. The molecule has 0 amide bonds. The Morgan fingerprint density at radius 1 is 0.784 bits per heavy atom. The van der Waals surface area contributed by atoms with Crippen molar-refractivity contribution in [3.63, 3.8) is 0 Å². The Balaban J connectivity index is 0.000000145. The van der Waals surface area contributed by atoms with Gasteiger partial charge in [0.1, 0.15) is 12.1 Å². The van der Waals surface area contributed by atoms with E-state index in [0.717, 1.165) is 13.4 Å². The molecule has 2 aromatic carbocycles. The molecule has 6 heterocycles. The molecule has 0 radical (unpaired) electrons. The Hall–Kier alpha value is -4.99. The van der Waals surface area contributed by atoms with E-state index >= 15 is 0 Å². The smallest absolute Gasteiger partial charge is 0.396 e. The predicted molar refractivity (Wildman–Crippen MR) is 186 cm³/mol. The van der Waals surface area contributed by atoms with E-state index in [1.165, 1.54) is 71.1 Å². The highest BCUT2D eigenvalue weighted by atomic mass is 35.5. The molecule has 6 aromatic rings. The van der Waals surface area contributed by atoms with Crippen LogP contribution in [0.2, 0.25) is 5.02 Å². The number of nitrogens with zero attached hydrogens (tertiary/aromatic N) is 6. The van der Waals surface area contributed by atoms with Crippen molar-refractivity contribution in [3.05, 3.63) is 64.9 Å². The summed E-state index contributed by atoms with van der Waals surface area (Å²) in [5.41, 5.74) is 7.96. The van der Waals surface area contributed by atoms with E-state index in [-0.39, 0.29) is 39.9 Å². The largest absolute Gasteiger partial charge is 0.586 e. The van der Waals surface area contributed by atoms with Gasteiger partial charge in [-0.2, -0.15) is 10.5 Å². The van der Waals surface area contributed by atoms with Gasteiger partial charge < -0.3 is 30.0 Å². The lowest BCUT2D eigenvalue weighted by molar-refractivity contribution is -0.287. The highest BCUT2D eigenvalue weighted by molar-refractivity contribution is 8.00. The number of nitriles is 2. The molecule has 0 atom stereocenters. The molecule has 0 saturated heterocycles. The molecule has 2 aliphatic rings. The SMILES string of the molecule is CSc1nc2ncc(C#N)c(Cl)c2s1.CSc1nc2ncc(C#N)c(Nc3cccc4c3OC(F)(F)O4)c2s1.Nc1cccc2c1OC(F)(F)O2. The number of nitrogen functional groups attached to an aromatic ring is 1. The maximum absolute atomic E-state index is 13.4. The predicted octanol–water partition coefficient (Wildman–Crippen LogP) is 8.88. The Morgan fingerprint density at radius 2 is 1.31 bits per heavy atom. The van der Waals surface area contributed by atoms with Crippen LogP contribution in [0.15, 0.2) is 57.5 Å². The first-order valence-corrected chi connectivity index (χ1v) is 18.2. The molecule has 0 fully saturated rings. The van der Waals surface area contributed by atoms with Gasteiger partial charge in [0.05, 0.1) is 42.6 Å². The summed E-state index contributed by atoms with van der Waals surface area (Å²) < 4.78 is 72.0. The first kappa shape index (κ1) is 35.8. The third kappa shape index (κ3) is 7.55. The zero-order valence-electron chi connectivity index (χ0n) is 25.5. The van der Waals surface area contributed by atoms with Crippen LogP contribution in [-0.2, 0) is 0 Å². The maximum atomic E-state index is 13.4. The molecule has 260 valence electrons. The molecule has 0 spiro atoms. The van der Waals surface area contributed by atoms with E-state index in [1.807, 2.05) is 24.6 Å². The van der Waals surface area contributed by atoms with Crippen molar-refractivity contribution >= 4 is 95.6 Å². The maximum Gasteiger partial charge on any atom is 0.586 e. The molecule has 21 heteroatoms. The number of fused-ring (bicyclic) bond motifs is 4. The quantitative estimate of drug-likeness (QED) is 0.0984. The van der Waals surface area contributed by atoms with Crippen LogP contribution in [0, 0.1) is 22.7 Å². The lowest BCUT2D eigenvalue weighted by atomic mass is 10.2. The van der Waals surface area contributed by atoms with Gasteiger partial charge in [-0.3, -0.25) is 0 Å². The normalized spacial score (nSPS) is 14.1. The van der Waals surface area contributed by atoms with Gasteiger partial charge >= 0.3 is 12.6 Å². The third-order valence-corrected chi connectivity index (χ3v) is 11.1. The number of hydrogen-bond donors (Lipinski definition) is 2. The monoisotopic (exact) mass is 792 g/mol. The van der Waals surface area contributed by atoms with Gasteiger partial charge in [-0.05, 0) is 36.8 Å². The number of benzene rings is 2. The average Bonchev–Trinajstić information content (AvgIpc) is 3.87. The minimum absolute atomic E-state index is 0.0278. The molecule has 0 saturated carbocycles. The topological polar surface area (TPSA) is 174 Å². The lowest BCUT2D eigenvalue weighted by Gasteiger charge is -2.11. The second-order valence-electron chi connectivity index (χ2n) is 9.70. The minimum Gasteiger partial charge on any atom is -0.396 e. The van der Waals surface area contributed by atoms with Crippen LogP contribution in [0.4, 0.5) is 34.6 Å². The van der Waals surface area contributed by atoms with Crippen molar-refractivity contribution < 1.29 is 36.5 Å². The van der Waals surface area contributed by atoms with Gasteiger partial charge in [0.2, 0.25) is 0 Å². The summed E-state index contributed by atoms with van der Waals surface area (Å²) in [7, 11) is 0. The first-order chi connectivity index (χ1) is 24.3. The molecule has 51 heavy (non-hydrogen) atoms. The Bertz CT molecular complexity index is 2390. The number of alkyl halides is 4. The Morgan fingerprint density at radius 3 is 1.90 bits per heavy atom. The van der Waals surface area contributed by atoms with Gasteiger partial charge in [0.15, 0.2) is 43.0 Å². The zero-order chi connectivity index (χ0) is 36.5. The number of aromatic nitrogens is 4. The molecule has 0 unspecified atom stereocenters. The molecule has 4 aromatic heterocycles. The van der Waals surface area contributed by atoms with E-state index in [2.05, 4.69) is 44.2 Å². The highest BCUT2D eigenvalue weighted by Crippen LogP contribution is 2.48. The second kappa shape index (κ2) is 14.3. The van der Waals surface area contributed by atoms with Crippen LogP contribution >= 0.6 is 57.8 Å². The van der Waals surface area contributed by atoms with E-state index < -0.39 is 12.6 Å². The number of hydrogen-bond acceptors (Lipinski definition) is 16. The third-order valence-electron chi connectivity index (χ3n) is 6.48. The van der Waals surface area contributed by atoms with Crippen molar-refractivity contribution in [1.82, 2.24) is 19.9 Å². The molecule has 3 N–H and O–H groups in total. The van der Waals surface area contributed by atoms with Gasteiger partial charge in [-0.25, -0.2) is 19.9 Å². The van der Waals surface area contributed by atoms with Crippen LogP contribution in [0.1, 0.15) is 11.1 Å². The van der Waals surface area contributed by atoms with E-state index in [4.69, 9.17) is 22.6 Å². The number of nitrogens with two attached hydrogens (primary N) is 1. The standard InChI is InChI=1S/C15H8F2N4O2S2.C8H4ClN3S2.C7H5F2NO2/c1-24-14-21-13-12(25-14)10(7(5-18)6-19-13)20-8-3-2-4-9-11(8)23-15(16,17)22-9;1-13-8-12-7-6(14-8)5(9)4(2-10)3-11-7;8-7(9)11-5-3-1-2-4(10)6(5)12-7/h2-4,6H,1H3,(H,19,20);3H,1H3;1-3H,10H2. The van der Waals surface area contributed by atoms with Crippen molar-refractivity contribution in [3.8, 4) is 35.1 Å². The molecular weight excluding hydrogens is 776 g/mol. The fourth-order valence-electron chi connectivity index (χ4n) is 4.34. The number of nitrogens with one attached hydrogen (secondary N) is 1. The number of rotatable bonds is 4. The number of pyridine rings is 2. The fraction of sp³-hybridized carbons (Fsp3) is 0.133. The van der Waals surface area contributed by atoms with Crippen LogP contribution < -0.4 is 30.0 Å². The van der Waals surface area contributed by atoms with Crippen LogP contribution in [0.3, 0.4) is 0 Å². The van der Waals surface area contributed by atoms with Crippen molar-refractivity contribution in [2.75, 3.05) is 23.6 Å². The molecule has 12 nitrogen and oxygen atoms in total. The van der Waals surface area contributed by atoms with Crippen LogP contribution in [-0.4, -0.2) is 45.0 Å². The van der Waals surface area contributed by atoms with Gasteiger partial charge in [0.25, 0.3) is 0 Å². The summed E-state index contributed by atoms with van der Waals surface area (Å²) in [6, 6.07) is 12.9. The van der Waals surface area contributed by atoms with Gasteiger partial charge in [-0.15, -0.1) is 40.2 Å². The number of para-hydroxylation sites is 2. The number of anilines is 3. The molecule has 2 aliphatic heterocycles. The summed E-state index contributed by atoms with van der Waals surface area (Å²) >= 11 is 11.8. The summed E-state index contributed by atoms with van der Waals surface area (Å²) in [4.78, 5) is 16.8. The average molecular weight is 793 g/mol. The second-order valence-corrected chi connectivity index (χ2v) is 14.2. The molecular formula is C30H17ClF4N8O4S4. The van der Waals surface area contributed by atoms with Crippen LogP contribution in [0.25, 0.3) is 20.7 Å². The lowest BCUT2D eigenvalue weighted by Crippen LogP contribution is -2.26. The summed E-state index contributed by atoms with van der Waals surface area (Å²) in [5, 5.41) is 21.6. The highest BCUT2D eigenvalue weighted by Gasteiger charge is 2.45. The molecule has 0 bridgehead atoms. The van der Waals surface area contributed by atoms with E-state index in [9.17, 15) is 22.8 Å².